The number of hydrogen-bond donors (Lipinski definition) is 8. The fraction of sp³-hybridized carbons (Fsp3) is 0.271. The Balaban J connectivity index is 0.000000708. The van der Waals surface area contributed by atoms with Crippen LogP contribution in [0.2, 0.25) is 0 Å². The molecule has 0 spiro atoms. The standard InChI is InChI=1S/C84H76N8.6C2H3N/c1-77(2)61-37-45-69(85-61)81(9)57-29-21-53(22-30-57)17-13-15-19-55-25-33-59(34-26-55)83(11)73-49-41-65(89-73)79(5,6)66-42-50-74(90-66)84(12,76-52-44-68(92-76)80(7,8)67-43-51-75(83)91-67)60-35-27-56(28-36-60)20-16-14-18-54-23-31-58(32-24-54)82(10,70-46-38-62(77)86-70)72-48-40-64(88-72)78(3,4)63-39-47-71(81)87-63;6*1-2-3/h21-52,85-92H,1-12H3;6*1H3. The van der Waals surface area contributed by atoms with E-state index in [-0.39, 0.29) is 0 Å². The first kappa shape index (κ1) is 80.4. The third kappa shape index (κ3) is 15.2. The van der Waals surface area contributed by atoms with Gasteiger partial charge >= 0.3 is 0 Å². The molecule has 12 aliphatic rings. The van der Waals surface area contributed by atoms with Gasteiger partial charge < -0.3 is 39.9 Å². The highest BCUT2D eigenvalue weighted by atomic mass is 14.9. The summed E-state index contributed by atoms with van der Waals surface area (Å²) in [6.45, 7) is 36.1. The van der Waals surface area contributed by atoms with Crippen LogP contribution in [0, 0.1) is 115 Å². The average molecular weight is 1440 g/mol. The first-order valence-electron chi connectivity index (χ1n) is 36.4. The fourth-order valence-electron chi connectivity index (χ4n) is 14.8. The van der Waals surface area contributed by atoms with Crippen LogP contribution in [-0.2, 0) is 43.3 Å². The number of benzene rings is 4. The van der Waals surface area contributed by atoms with Crippen molar-refractivity contribution in [3.63, 3.8) is 0 Å². The van der Waals surface area contributed by atoms with Gasteiger partial charge in [-0.05, 0) is 275 Å². The molecular formula is C96H94N14. The molecule has 4 aromatic carbocycles. The molecule has 20 heterocycles. The Kier molecular flexibility index (Phi) is 24.1. The summed E-state index contributed by atoms with van der Waals surface area (Å²) in [5.74, 6) is 26.2. The molecule has 8 aromatic heterocycles. The van der Waals surface area contributed by atoms with Gasteiger partial charge in [-0.2, -0.15) is 31.6 Å². The van der Waals surface area contributed by atoms with Crippen LogP contribution in [0.15, 0.2) is 194 Å². The second-order valence-corrected chi connectivity index (χ2v) is 29.9. The quantitative estimate of drug-likeness (QED) is 0.0684. The van der Waals surface area contributed by atoms with Crippen molar-refractivity contribution in [1.82, 2.24) is 39.9 Å². The molecule has 0 aliphatic carbocycles. The van der Waals surface area contributed by atoms with E-state index in [0.29, 0.717) is 0 Å². The molecule has 548 valence electrons. The van der Waals surface area contributed by atoms with Gasteiger partial charge in [-0.25, -0.2) is 0 Å². The fourth-order valence-corrected chi connectivity index (χ4v) is 14.8. The minimum absolute atomic E-state index is 0.418. The molecule has 14 nitrogen and oxygen atoms in total. The lowest BCUT2D eigenvalue weighted by atomic mass is 9.76. The number of rotatable bonds is 0. The van der Waals surface area contributed by atoms with Crippen LogP contribution in [0.5, 0.6) is 0 Å². The maximum absolute atomic E-state index is 7.32. The molecule has 0 amide bonds. The van der Waals surface area contributed by atoms with E-state index in [0.717, 1.165) is 136 Å². The zero-order valence-corrected chi connectivity index (χ0v) is 66.2. The van der Waals surface area contributed by atoms with E-state index < -0.39 is 43.3 Å². The topological polar surface area (TPSA) is 269 Å². The third-order valence-electron chi connectivity index (χ3n) is 22.0. The van der Waals surface area contributed by atoms with E-state index in [4.69, 9.17) is 31.6 Å². The molecule has 0 radical (unpaired) electrons. The molecule has 0 saturated carbocycles. The summed E-state index contributed by atoms with van der Waals surface area (Å²) in [6, 6.07) is 81.2. The average Bonchev–Trinajstić information content (AvgIpc) is 1.57. The van der Waals surface area contributed by atoms with Gasteiger partial charge in [0.2, 0.25) is 0 Å². The van der Waals surface area contributed by atoms with E-state index in [1.165, 1.54) is 41.5 Å². The maximum Gasteiger partial charge on any atom is 0.0723 e. The Labute approximate surface area is 649 Å². The second-order valence-electron chi connectivity index (χ2n) is 29.9. The lowest BCUT2D eigenvalue weighted by Crippen LogP contribution is -2.29. The van der Waals surface area contributed by atoms with Crippen LogP contribution in [0.1, 0.15) is 260 Å². The highest BCUT2D eigenvalue weighted by Crippen LogP contribution is 2.48. The van der Waals surface area contributed by atoms with E-state index in [1.807, 2.05) is 0 Å². The SMILES string of the molecule is CC#N.CC#N.CC#N.CC#N.CC#N.CC#N.CC1(C)c2ccc([nH]2)C2(C)c3ccc(cc3)C#CC#Cc3ccc(cc3)C3(C)c4ccc([nH]4)C(C)(C)c4ccc([nH]4)C(C)(c4ccc(cc4)C#CC#Cc4ccc(cc4)C(C)(c4ccc1[nH]4)c1ccc([nH]1)C(C)(C)c1ccc2[nH]1)c1ccc([nH]1)C(C)(C)c1ccc3[nH]1. The van der Waals surface area contributed by atoms with Crippen molar-refractivity contribution >= 4 is 0 Å². The summed E-state index contributed by atoms with van der Waals surface area (Å²) in [5, 5.41) is 43.9. The van der Waals surface area contributed by atoms with Crippen molar-refractivity contribution in [3.8, 4) is 83.8 Å². The Morgan fingerprint density at radius 2 is 0.300 bits per heavy atom. The lowest BCUT2D eigenvalue weighted by molar-refractivity contribution is 0.563. The number of nitrogens with zero attached hydrogens (tertiary/aromatic N) is 6. The van der Waals surface area contributed by atoms with Crippen LogP contribution < -0.4 is 0 Å². The van der Waals surface area contributed by atoms with Crippen LogP contribution in [0.3, 0.4) is 0 Å². The van der Waals surface area contributed by atoms with Gasteiger partial charge in [-0.3, -0.25) is 0 Å². The van der Waals surface area contributed by atoms with Gasteiger partial charge in [-0.1, -0.05) is 72.2 Å². The first-order valence-corrected chi connectivity index (χ1v) is 36.4. The largest absolute Gasteiger partial charge is 0.360 e. The number of nitriles is 6. The van der Waals surface area contributed by atoms with E-state index in [9.17, 15) is 0 Å². The Morgan fingerprint density at radius 3 is 0.418 bits per heavy atom. The Morgan fingerprint density at radius 1 is 0.191 bits per heavy atom. The normalized spacial score (nSPS) is 18.7. The maximum atomic E-state index is 7.32. The molecule has 110 heavy (non-hydrogen) atoms. The van der Waals surface area contributed by atoms with Gasteiger partial charge in [-0.15, -0.1) is 0 Å². The molecule has 12 aliphatic heterocycles. The van der Waals surface area contributed by atoms with Crippen molar-refractivity contribution in [3.05, 3.63) is 330 Å². The van der Waals surface area contributed by atoms with E-state index >= 15 is 0 Å². The van der Waals surface area contributed by atoms with Crippen LogP contribution in [0.4, 0.5) is 0 Å². The number of H-pyrrole nitrogens is 8. The number of aromatic nitrogens is 8. The van der Waals surface area contributed by atoms with Gasteiger partial charge in [0.1, 0.15) is 0 Å². The van der Waals surface area contributed by atoms with Crippen molar-refractivity contribution in [2.75, 3.05) is 0 Å². The Bertz CT molecular complexity index is 4870. The molecule has 12 aromatic rings. The molecule has 0 fully saturated rings. The summed E-state index contributed by atoms with van der Waals surface area (Å²) in [4.78, 5) is 31.9. The summed E-state index contributed by atoms with van der Waals surface area (Å²) >= 11 is 0. The predicted octanol–water partition coefficient (Wildman–Crippen LogP) is 20.0. The predicted molar refractivity (Wildman–Crippen MR) is 438 cm³/mol. The highest BCUT2D eigenvalue weighted by Gasteiger charge is 2.44. The van der Waals surface area contributed by atoms with Gasteiger partial charge in [0.25, 0.3) is 0 Å². The molecule has 24 rings (SSSR count). The third-order valence-corrected chi connectivity index (χ3v) is 22.0. The minimum atomic E-state index is -0.593. The molecule has 14 heteroatoms. The highest BCUT2D eigenvalue weighted by molar-refractivity contribution is 5.58. The zero-order valence-electron chi connectivity index (χ0n) is 66.2. The summed E-state index contributed by atoms with van der Waals surface area (Å²) in [6.07, 6.45) is 0. The second kappa shape index (κ2) is 33.0. The number of nitrogens with one attached hydrogen (secondary N) is 8. The lowest BCUT2D eigenvalue weighted by Gasteiger charge is -2.32. The van der Waals surface area contributed by atoms with Crippen LogP contribution in [0.25, 0.3) is 0 Å². The Hall–Kier alpha value is -13.7. The minimum Gasteiger partial charge on any atom is -0.360 e. The van der Waals surface area contributed by atoms with E-state index in [1.54, 1.807) is 36.4 Å². The van der Waals surface area contributed by atoms with Crippen molar-refractivity contribution in [2.24, 2.45) is 0 Å². The summed E-state index contributed by atoms with van der Waals surface area (Å²) in [7, 11) is 0. The number of hydrogen-bond acceptors (Lipinski definition) is 6. The molecule has 8 N–H and O–H groups in total. The zero-order chi connectivity index (χ0) is 80.0. The first-order chi connectivity index (χ1) is 52.5. The van der Waals surface area contributed by atoms with Gasteiger partial charge in [0, 0.05) is 177 Å². The molecular weight excluding hydrogens is 1350 g/mol. The summed E-state index contributed by atoms with van der Waals surface area (Å²) in [5.41, 5.74) is 21.5. The summed E-state index contributed by atoms with van der Waals surface area (Å²) < 4.78 is 0. The molecule has 0 saturated heterocycles. The van der Waals surface area contributed by atoms with Crippen molar-refractivity contribution < 1.29 is 0 Å². The van der Waals surface area contributed by atoms with Gasteiger partial charge in [0.15, 0.2) is 0 Å². The molecule has 0 atom stereocenters. The number of aromatic amines is 8. The smallest absolute Gasteiger partial charge is 0.0723 e. The van der Waals surface area contributed by atoms with Crippen molar-refractivity contribution in [2.45, 2.75) is 168 Å². The van der Waals surface area contributed by atoms with E-state index in [2.05, 4.69) is 364 Å². The van der Waals surface area contributed by atoms with Crippen LogP contribution in [-0.4, -0.2) is 39.9 Å². The monoisotopic (exact) mass is 1440 g/mol. The molecule has 0 unspecified atom stereocenters. The molecule has 28 bridgehead atoms. The van der Waals surface area contributed by atoms with Crippen molar-refractivity contribution in [1.29, 1.82) is 31.6 Å². The van der Waals surface area contributed by atoms with Crippen LogP contribution >= 0.6 is 0 Å². The van der Waals surface area contributed by atoms with Gasteiger partial charge in [0.05, 0.1) is 58.1 Å².